The van der Waals surface area contributed by atoms with Crippen LogP contribution in [0, 0.1) is 17.2 Å². The Labute approximate surface area is 233 Å². The third-order valence-electron chi connectivity index (χ3n) is 9.81. The number of piperidine rings is 1. The van der Waals surface area contributed by atoms with Gasteiger partial charge in [0, 0.05) is 37.3 Å². The lowest BCUT2D eigenvalue weighted by atomic mass is 9.57. The van der Waals surface area contributed by atoms with Gasteiger partial charge in [0.25, 0.3) is 0 Å². The van der Waals surface area contributed by atoms with Crippen LogP contribution in [0.3, 0.4) is 0 Å². The first-order valence-electron chi connectivity index (χ1n) is 14.4. The number of carbonyl (C=O) groups is 1. The molecule has 9 heteroatoms. The predicted molar refractivity (Wildman–Crippen MR) is 148 cm³/mol. The maximum absolute atomic E-state index is 15.5. The smallest absolute Gasteiger partial charge is 0.307 e. The molecule has 210 valence electrons. The van der Waals surface area contributed by atoms with Crippen LogP contribution in [0.2, 0.25) is 0 Å². The number of aryl methyl sites for hydroxylation is 1. The van der Waals surface area contributed by atoms with Crippen LogP contribution in [0.5, 0.6) is 5.75 Å². The van der Waals surface area contributed by atoms with Gasteiger partial charge in [0.2, 0.25) is 0 Å². The van der Waals surface area contributed by atoms with E-state index >= 15 is 4.39 Å². The zero-order valence-electron chi connectivity index (χ0n) is 23.4. The fourth-order valence-corrected chi connectivity index (χ4v) is 7.81. The monoisotopic (exact) mass is 545 g/mol. The number of aromatic nitrogens is 4. The lowest BCUT2D eigenvalue weighted by Crippen LogP contribution is -2.54. The first kappa shape index (κ1) is 25.5. The molecule has 40 heavy (non-hydrogen) atoms. The number of hydrogen-bond donors (Lipinski definition) is 1. The second-order valence-corrected chi connectivity index (χ2v) is 12.4. The molecule has 1 N–H and O–H groups in total. The van der Waals surface area contributed by atoms with Gasteiger partial charge in [-0.15, -0.1) is 0 Å². The maximum Gasteiger partial charge on any atom is 0.307 e. The summed E-state index contributed by atoms with van der Waals surface area (Å²) in [5.74, 6) is -1.22. The summed E-state index contributed by atoms with van der Waals surface area (Å²) in [7, 11) is 1.84. The fourth-order valence-electron chi connectivity index (χ4n) is 7.81. The van der Waals surface area contributed by atoms with Crippen molar-refractivity contribution in [2.24, 2.45) is 18.4 Å². The molecule has 0 bridgehead atoms. The van der Waals surface area contributed by atoms with Crippen molar-refractivity contribution in [2.75, 3.05) is 13.1 Å². The van der Waals surface area contributed by atoms with Crippen molar-refractivity contribution < 1.29 is 19.0 Å². The topological polar surface area (TPSA) is 85.4 Å². The molecule has 2 unspecified atom stereocenters. The highest BCUT2D eigenvalue weighted by Gasteiger charge is 2.54. The van der Waals surface area contributed by atoms with Gasteiger partial charge in [-0.1, -0.05) is 25.5 Å². The minimum absolute atomic E-state index is 0.224. The molecule has 0 saturated carbocycles. The van der Waals surface area contributed by atoms with Crippen molar-refractivity contribution in [3.8, 4) is 5.75 Å². The van der Waals surface area contributed by atoms with Crippen LogP contribution in [-0.4, -0.2) is 53.9 Å². The van der Waals surface area contributed by atoms with Gasteiger partial charge >= 0.3 is 5.97 Å². The van der Waals surface area contributed by atoms with Crippen LogP contribution in [0.1, 0.15) is 63.4 Å². The summed E-state index contributed by atoms with van der Waals surface area (Å²) >= 11 is 0. The van der Waals surface area contributed by atoms with Gasteiger partial charge < -0.3 is 14.4 Å². The standard InChI is InChI=1S/C31H36FN5O3/c1-30-10-11-31(2,36-12-5-4-6-13-36)22-8-7-21(29(38)39)25(26(22)30)28-33-27-23(32)15-20(16-24(27)37(28)18-30)40-17-19-9-14-35(3)34-19/h9-11,14-16,21,25H,4-8,12-13,17-18H2,1-3H3,(H,38,39)/t21-,25-,30?,31?/m0/s1. The van der Waals surface area contributed by atoms with Crippen LogP contribution in [-0.2, 0) is 25.0 Å². The second kappa shape index (κ2) is 9.03. The number of fused-ring (bicyclic) bond motifs is 4. The fraction of sp³-hybridized carbons (Fsp3) is 0.516. The highest BCUT2D eigenvalue weighted by molar-refractivity contribution is 5.81. The lowest BCUT2D eigenvalue weighted by molar-refractivity contribution is -0.143. The zero-order chi connectivity index (χ0) is 27.8. The van der Waals surface area contributed by atoms with Gasteiger partial charge in [-0.2, -0.15) is 5.10 Å². The Morgan fingerprint density at radius 1 is 1.20 bits per heavy atom. The van der Waals surface area contributed by atoms with E-state index in [4.69, 9.17) is 9.72 Å². The number of halogens is 1. The minimum Gasteiger partial charge on any atom is -0.487 e. The summed E-state index contributed by atoms with van der Waals surface area (Å²) in [5, 5.41) is 14.7. The van der Waals surface area contributed by atoms with Crippen molar-refractivity contribution in [1.82, 2.24) is 24.2 Å². The van der Waals surface area contributed by atoms with E-state index in [0.717, 1.165) is 25.2 Å². The second-order valence-electron chi connectivity index (χ2n) is 12.4. The van der Waals surface area contributed by atoms with Crippen molar-refractivity contribution in [1.29, 1.82) is 0 Å². The molecule has 2 aliphatic carbocycles. The van der Waals surface area contributed by atoms with E-state index in [2.05, 4.69) is 36.0 Å². The highest BCUT2D eigenvalue weighted by Crippen LogP contribution is 2.59. The number of benzene rings is 1. The number of rotatable bonds is 5. The van der Waals surface area contributed by atoms with E-state index < -0.39 is 23.6 Å². The number of allylic oxidation sites excluding steroid dienone is 2. The number of nitrogens with zero attached hydrogens (tertiary/aromatic N) is 5. The number of hydrogen-bond acceptors (Lipinski definition) is 5. The van der Waals surface area contributed by atoms with Crippen LogP contribution < -0.4 is 4.74 Å². The Morgan fingerprint density at radius 3 is 2.73 bits per heavy atom. The minimum atomic E-state index is -0.812. The number of carboxylic acid groups (broad SMARTS) is 1. The molecule has 8 nitrogen and oxygen atoms in total. The summed E-state index contributed by atoms with van der Waals surface area (Å²) in [4.78, 5) is 20.1. The number of ether oxygens (including phenoxy) is 1. The van der Waals surface area contributed by atoms with Gasteiger partial charge in [0.05, 0.1) is 28.6 Å². The number of imidazole rings is 1. The Morgan fingerprint density at radius 2 is 2.00 bits per heavy atom. The van der Waals surface area contributed by atoms with Crippen molar-refractivity contribution in [3.63, 3.8) is 0 Å². The van der Waals surface area contributed by atoms with Crippen LogP contribution in [0.4, 0.5) is 4.39 Å². The molecule has 1 fully saturated rings. The molecule has 1 aromatic carbocycles. The van der Waals surface area contributed by atoms with E-state index in [0.29, 0.717) is 30.1 Å². The molecule has 0 spiro atoms. The Bertz CT molecular complexity index is 1580. The summed E-state index contributed by atoms with van der Waals surface area (Å²) < 4.78 is 25.2. The molecule has 4 heterocycles. The van der Waals surface area contributed by atoms with Gasteiger partial charge in [0.15, 0.2) is 5.82 Å². The third kappa shape index (κ3) is 3.77. The van der Waals surface area contributed by atoms with Gasteiger partial charge in [0.1, 0.15) is 23.7 Å². The summed E-state index contributed by atoms with van der Waals surface area (Å²) in [6.07, 6.45) is 11.4. The van der Waals surface area contributed by atoms with Crippen LogP contribution in [0.15, 0.2) is 47.7 Å². The van der Waals surface area contributed by atoms with E-state index in [1.54, 1.807) is 4.68 Å². The van der Waals surface area contributed by atoms with E-state index in [1.807, 2.05) is 29.9 Å². The van der Waals surface area contributed by atoms with E-state index in [1.165, 1.54) is 36.5 Å². The van der Waals surface area contributed by atoms with Crippen LogP contribution in [0.25, 0.3) is 11.0 Å². The largest absolute Gasteiger partial charge is 0.487 e. The molecule has 7 rings (SSSR count). The zero-order valence-corrected chi connectivity index (χ0v) is 23.4. The molecular formula is C31H36FN5O3. The molecule has 0 amide bonds. The Balaban J connectivity index is 1.36. The Hall–Kier alpha value is -3.46. The van der Waals surface area contributed by atoms with E-state index in [-0.39, 0.29) is 23.1 Å². The van der Waals surface area contributed by atoms with Gasteiger partial charge in [-0.3, -0.25) is 14.4 Å². The third-order valence-corrected chi connectivity index (χ3v) is 9.81. The first-order chi connectivity index (χ1) is 19.2. The predicted octanol–water partition coefficient (Wildman–Crippen LogP) is 5.20. The van der Waals surface area contributed by atoms with Crippen LogP contribution >= 0.6 is 0 Å². The summed E-state index contributed by atoms with van der Waals surface area (Å²) in [5.41, 5.74) is 3.58. The molecule has 0 radical (unpaired) electrons. The average molecular weight is 546 g/mol. The lowest BCUT2D eigenvalue weighted by Gasteiger charge is -2.54. The van der Waals surface area contributed by atoms with Crippen molar-refractivity contribution in [3.05, 3.63) is 65.0 Å². The molecule has 2 aromatic heterocycles. The molecular weight excluding hydrogens is 509 g/mol. The molecule has 2 aliphatic heterocycles. The number of likely N-dealkylation sites (tertiary alicyclic amines) is 1. The van der Waals surface area contributed by atoms with Crippen molar-refractivity contribution in [2.45, 2.75) is 70.6 Å². The Kier molecular flexibility index (Phi) is 5.75. The van der Waals surface area contributed by atoms with Crippen molar-refractivity contribution >= 4 is 17.0 Å². The highest BCUT2D eigenvalue weighted by atomic mass is 19.1. The average Bonchev–Trinajstić information content (AvgIpc) is 3.53. The van der Waals surface area contributed by atoms with Gasteiger partial charge in [-0.25, -0.2) is 9.37 Å². The maximum atomic E-state index is 15.5. The number of carboxylic acids is 1. The quantitative estimate of drug-likeness (QED) is 0.444. The molecule has 4 aliphatic rings. The molecule has 4 atom stereocenters. The molecule has 1 saturated heterocycles. The van der Waals surface area contributed by atoms with Gasteiger partial charge in [-0.05, 0) is 62.9 Å². The normalized spacial score (nSPS) is 29.9. The van der Waals surface area contributed by atoms with E-state index in [9.17, 15) is 9.90 Å². The summed E-state index contributed by atoms with van der Waals surface area (Å²) in [6, 6.07) is 5.07. The number of aliphatic carboxylic acids is 1. The summed E-state index contributed by atoms with van der Waals surface area (Å²) in [6.45, 7) is 7.41. The SMILES string of the molecule is Cn1ccc(COc2cc(F)c3nc4n(c3c2)CC2(C)C=CC(C)(N3CCCCC3)C3=C2[C@@H]4[C@@H](C(=O)O)CC3)n1. The first-order valence-corrected chi connectivity index (χ1v) is 14.4. The molecule has 3 aromatic rings.